The SMILES string of the molecule is CCOc1cccc(Cn2ncc3c(N4CCN(C(=O)c5ccc(OCC(C)(C)CN(C)C)c(OCCN(C(C)C)C(C)C)c5)CC4)ncnc32)c1. The van der Waals surface area contributed by atoms with Crippen molar-refractivity contribution in [2.75, 3.05) is 78.1 Å². The Morgan fingerprint density at radius 3 is 2.37 bits per heavy atom. The molecule has 2 aromatic carbocycles. The number of fused-ring (bicyclic) bond motifs is 1. The fourth-order valence-corrected chi connectivity index (χ4v) is 7.05. The molecule has 3 heterocycles. The molecule has 5 rings (SSSR count). The van der Waals surface area contributed by atoms with E-state index < -0.39 is 0 Å². The predicted molar refractivity (Wildman–Crippen MR) is 207 cm³/mol. The van der Waals surface area contributed by atoms with E-state index in [1.807, 2.05) is 59.1 Å². The number of carbonyl (C=O) groups is 1. The Balaban J connectivity index is 1.27. The maximum absolute atomic E-state index is 13.9. The topological polar surface area (TPSA) is 101 Å². The van der Waals surface area contributed by atoms with Gasteiger partial charge >= 0.3 is 0 Å². The molecule has 12 nitrogen and oxygen atoms in total. The summed E-state index contributed by atoms with van der Waals surface area (Å²) >= 11 is 0. The van der Waals surface area contributed by atoms with Gasteiger partial charge < -0.3 is 28.9 Å². The quantitative estimate of drug-likeness (QED) is 0.135. The molecule has 4 aromatic rings. The number of hydrogen-bond donors (Lipinski definition) is 0. The number of hydrogen-bond acceptors (Lipinski definition) is 10. The van der Waals surface area contributed by atoms with Gasteiger partial charge in [0.15, 0.2) is 17.1 Å². The van der Waals surface area contributed by atoms with Gasteiger partial charge in [0.2, 0.25) is 0 Å². The highest BCUT2D eigenvalue weighted by atomic mass is 16.5. The lowest BCUT2D eigenvalue weighted by molar-refractivity contribution is 0.0745. The average molecular weight is 715 g/mol. The lowest BCUT2D eigenvalue weighted by Gasteiger charge is -2.35. The van der Waals surface area contributed by atoms with Crippen LogP contribution in [0.1, 0.15) is 64.4 Å². The second-order valence-corrected chi connectivity index (χ2v) is 15.2. The molecule has 1 fully saturated rings. The first-order valence-electron chi connectivity index (χ1n) is 18.6. The lowest BCUT2D eigenvalue weighted by Crippen LogP contribution is -2.49. The molecule has 12 heteroatoms. The van der Waals surface area contributed by atoms with Crippen molar-refractivity contribution in [2.24, 2.45) is 5.41 Å². The van der Waals surface area contributed by atoms with Crippen molar-refractivity contribution in [1.29, 1.82) is 0 Å². The summed E-state index contributed by atoms with van der Waals surface area (Å²) in [6.07, 6.45) is 3.43. The van der Waals surface area contributed by atoms with Crippen LogP contribution in [0.15, 0.2) is 55.0 Å². The van der Waals surface area contributed by atoms with E-state index in [4.69, 9.17) is 14.2 Å². The molecule has 0 unspecified atom stereocenters. The highest BCUT2D eigenvalue weighted by Gasteiger charge is 2.27. The molecule has 282 valence electrons. The molecule has 1 amide bonds. The summed E-state index contributed by atoms with van der Waals surface area (Å²) in [5, 5.41) is 5.55. The van der Waals surface area contributed by atoms with Gasteiger partial charge in [-0.15, -0.1) is 0 Å². The maximum atomic E-state index is 13.9. The van der Waals surface area contributed by atoms with Gasteiger partial charge in [0.25, 0.3) is 5.91 Å². The number of amides is 1. The largest absolute Gasteiger partial charge is 0.494 e. The third-order valence-electron chi connectivity index (χ3n) is 9.31. The number of nitrogens with zero attached hydrogens (tertiary/aromatic N) is 8. The van der Waals surface area contributed by atoms with Gasteiger partial charge in [-0.25, -0.2) is 14.6 Å². The Labute approximate surface area is 309 Å². The average Bonchev–Trinajstić information content (AvgIpc) is 3.51. The third kappa shape index (κ3) is 9.92. The molecule has 0 spiro atoms. The Kier molecular flexibility index (Phi) is 13.0. The number of anilines is 1. The summed E-state index contributed by atoms with van der Waals surface area (Å²) in [5.41, 5.74) is 2.38. The Hall–Kier alpha value is -4.42. The van der Waals surface area contributed by atoms with Crippen LogP contribution in [0.2, 0.25) is 0 Å². The molecule has 0 N–H and O–H groups in total. The minimum Gasteiger partial charge on any atom is -0.494 e. The molecule has 52 heavy (non-hydrogen) atoms. The fraction of sp³-hybridized carbons (Fsp3) is 0.550. The van der Waals surface area contributed by atoms with Crippen molar-refractivity contribution in [3.8, 4) is 17.2 Å². The van der Waals surface area contributed by atoms with E-state index in [0.29, 0.717) is 81.7 Å². The molecule has 0 saturated carbocycles. The molecule has 0 bridgehead atoms. The van der Waals surface area contributed by atoms with Crippen LogP contribution >= 0.6 is 0 Å². The van der Waals surface area contributed by atoms with Crippen molar-refractivity contribution < 1.29 is 19.0 Å². The van der Waals surface area contributed by atoms with E-state index in [1.54, 1.807) is 6.33 Å². The van der Waals surface area contributed by atoms with Crippen molar-refractivity contribution in [3.05, 3.63) is 66.1 Å². The standard InChI is InChI=1S/C40H58N8O4/c1-10-50-33-13-11-12-31(22-33)25-48-38-34(24-43-48)37(41-28-42-38)45-16-18-46(19-17-45)39(49)32-14-15-35(52-27-40(6,7)26-44(8)9)36(23-32)51-21-20-47(29(2)3)30(4)5/h11-15,22-24,28-30H,10,16-21,25-27H2,1-9H3. The smallest absolute Gasteiger partial charge is 0.254 e. The van der Waals surface area contributed by atoms with Crippen molar-refractivity contribution >= 4 is 22.8 Å². The van der Waals surface area contributed by atoms with E-state index in [-0.39, 0.29) is 11.3 Å². The molecule has 2 aromatic heterocycles. The van der Waals surface area contributed by atoms with Crippen LogP contribution in [0.4, 0.5) is 5.82 Å². The van der Waals surface area contributed by atoms with Gasteiger partial charge in [-0.1, -0.05) is 26.0 Å². The van der Waals surface area contributed by atoms with E-state index >= 15 is 0 Å². The first kappa shape index (κ1) is 38.8. The van der Waals surface area contributed by atoms with Crippen molar-refractivity contribution in [1.82, 2.24) is 34.4 Å². The highest BCUT2D eigenvalue weighted by molar-refractivity contribution is 5.95. The maximum Gasteiger partial charge on any atom is 0.254 e. The predicted octanol–water partition coefficient (Wildman–Crippen LogP) is 5.70. The second-order valence-electron chi connectivity index (χ2n) is 15.2. The minimum atomic E-state index is -0.0649. The second kappa shape index (κ2) is 17.4. The first-order valence-corrected chi connectivity index (χ1v) is 18.6. The summed E-state index contributed by atoms with van der Waals surface area (Å²) in [6.45, 7) is 21.4. The first-order chi connectivity index (χ1) is 24.8. The van der Waals surface area contributed by atoms with Crippen LogP contribution in [-0.4, -0.2) is 126 Å². The van der Waals surface area contributed by atoms with Crippen molar-refractivity contribution in [3.63, 3.8) is 0 Å². The molecule has 1 aliphatic rings. The summed E-state index contributed by atoms with van der Waals surface area (Å²) in [4.78, 5) is 31.8. The summed E-state index contributed by atoms with van der Waals surface area (Å²) < 4.78 is 20.3. The number of ether oxygens (including phenoxy) is 3. The van der Waals surface area contributed by atoms with Crippen molar-refractivity contribution in [2.45, 2.75) is 67.1 Å². The van der Waals surface area contributed by atoms with Gasteiger partial charge in [0.05, 0.1) is 31.3 Å². The number of rotatable bonds is 17. The highest BCUT2D eigenvalue weighted by Crippen LogP contribution is 2.32. The molecular formula is C40H58N8O4. The zero-order chi connectivity index (χ0) is 37.4. The fourth-order valence-electron chi connectivity index (χ4n) is 7.05. The monoisotopic (exact) mass is 714 g/mol. The van der Waals surface area contributed by atoms with Gasteiger partial charge in [0.1, 0.15) is 24.5 Å². The Bertz CT molecular complexity index is 1760. The normalized spacial score (nSPS) is 13.9. The van der Waals surface area contributed by atoms with E-state index in [9.17, 15) is 4.79 Å². The van der Waals surface area contributed by atoms with Crippen LogP contribution in [0.3, 0.4) is 0 Å². The molecular weight excluding hydrogens is 656 g/mol. The molecule has 1 aliphatic heterocycles. The van der Waals surface area contributed by atoms with Crippen LogP contribution in [-0.2, 0) is 6.54 Å². The van der Waals surface area contributed by atoms with E-state index in [1.165, 1.54) is 0 Å². The molecule has 0 atom stereocenters. The van der Waals surface area contributed by atoms with Crippen LogP contribution in [0.25, 0.3) is 11.0 Å². The van der Waals surface area contributed by atoms with E-state index in [2.05, 4.69) is 91.5 Å². The molecule has 1 saturated heterocycles. The van der Waals surface area contributed by atoms with Gasteiger partial charge in [-0.3, -0.25) is 9.69 Å². The zero-order valence-electron chi connectivity index (χ0n) is 32.6. The number of carbonyl (C=O) groups excluding carboxylic acids is 1. The minimum absolute atomic E-state index is 0.0232. The number of piperazine rings is 1. The summed E-state index contributed by atoms with van der Waals surface area (Å²) in [6, 6.07) is 14.4. The van der Waals surface area contributed by atoms with Gasteiger partial charge in [-0.05, 0) is 84.6 Å². The Morgan fingerprint density at radius 2 is 1.67 bits per heavy atom. The number of benzene rings is 2. The van der Waals surface area contributed by atoms with Gasteiger partial charge in [0, 0.05) is 62.3 Å². The van der Waals surface area contributed by atoms with Crippen LogP contribution < -0.4 is 19.1 Å². The lowest BCUT2D eigenvalue weighted by atomic mass is 9.94. The molecule has 0 aliphatic carbocycles. The summed E-state index contributed by atoms with van der Waals surface area (Å²) in [7, 11) is 4.14. The Morgan fingerprint density at radius 1 is 0.923 bits per heavy atom. The van der Waals surface area contributed by atoms with E-state index in [0.717, 1.165) is 41.3 Å². The van der Waals surface area contributed by atoms with Crippen LogP contribution in [0.5, 0.6) is 17.2 Å². The summed E-state index contributed by atoms with van der Waals surface area (Å²) in [5.74, 6) is 2.90. The zero-order valence-corrected chi connectivity index (χ0v) is 32.6. The third-order valence-corrected chi connectivity index (χ3v) is 9.31. The number of aromatic nitrogens is 4. The molecule has 0 radical (unpaired) electrons. The van der Waals surface area contributed by atoms with Gasteiger partial charge in [-0.2, -0.15) is 5.10 Å². The van der Waals surface area contributed by atoms with Crippen LogP contribution in [0, 0.1) is 5.41 Å².